The van der Waals surface area contributed by atoms with Gasteiger partial charge in [0.2, 0.25) is 11.8 Å². The SMILES string of the molecule is CCCCNC(=O)[C@H](Cc1ccccc1)N(Cc1ccccc1Cl)C(=O)CN(c1ccc(C)cc1C)S(=O)(=O)c1ccccc1. The van der Waals surface area contributed by atoms with Crippen molar-refractivity contribution in [1.82, 2.24) is 10.2 Å². The van der Waals surface area contributed by atoms with Crippen LogP contribution in [0.1, 0.15) is 42.0 Å². The Bertz CT molecular complexity index is 1700. The van der Waals surface area contributed by atoms with Gasteiger partial charge in [-0.25, -0.2) is 8.42 Å². The molecule has 7 nitrogen and oxygen atoms in total. The summed E-state index contributed by atoms with van der Waals surface area (Å²) < 4.78 is 29.5. The lowest BCUT2D eigenvalue weighted by molar-refractivity contribution is -0.140. The van der Waals surface area contributed by atoms with E-state index in [0.717, 1.165) is 28.3 Å². The molecule has 4 aromatic carbocycles. The number of nitrogens with one attached hydrogen (secondary N) is 1. The first kappa shape index (κ1) is 33.7. The fourth-order valence-electron chi connectivity index (χ4n) is 5.19. The van der Waals surface area contributed by atoms with Crippen molar-refractivity contribution >= 4 is 39.1 Å². The number of carbonyl (C=O) groups is 2. The minimum absolute atomic E-state index is 0.0172. The largest absolute Gasteiger partial charge is 0.354 e. The van der Waals surface area contributed by atoms with Crippen LogP contribution < -0.4 is 9.62 Å². The van der Waals surface area contributed by atoms with Crippen molar-refractivity contribution in [3.63, 3.8) is 0 Å². The quantitative estimate of drug-likeness (QED) is 0.155. The molecule has 0 spiro atoms. The lowest BCUT2D eigenvalue weighted by Gasteiger charge is -2.34. The van der Waals surface area contributed by atoms with Crippen LogP contribution in [0.2, 0.25) is 5.02 Å². The molecule has 0 aromatic heterocycles. The molecule has 0 radical (unpaired) electrons. The van der Waals surface area contributed by atoms with Crippen LogP contribution in [0.25, 0.3) is 0 Å². The highest BCUT2D eigenvalue weighted by molar-refractivity contribution is 7.92. The van der Waals surface area contributed by atoms with E-state index in [1.165, 1.54) is 17.0 Å². The number of nitrogens with zero attached hydrogens (tertiary/aromatic N) is 2. The number of unbranched alkanes of at least 4 members (excludes halogenated alkanes) is 1. The molecular weight excluding hydrogens is 606 g/mol. The highest BCUT2D eigenvalue weighted by Crippen LogP contribution is 2.29. The van der Waals surface area contributed by atoms with E-state index in [1.807, 2.05) is 69.3 Å². The summed E-state index contributed by atoms with van der Waals surface area (Å²) >= 11 is 6.56. The van der Waals surface area contributed by atoms with Gasteiger partial charge in [0.25, 0.3) is 10.0 Å². The number of amides is 2. The Morgan fingerprint density at radius 2 is 1.51 bits per heavy atom. The molecule has 0 unspecified atom stereocenters. The molecule has 1 N–H and O–H groups in total. The van der Waals surface area contributed by atoms with Gasteiger partial charge in [-0.15, -0.1) is 0 Å². The Kier molecular flexibility index (Phi) is 11.8. The van der Waals surface area contributed by atoms with Gasteiger partial charge in [0.05, 0.1) is 10.6 Å². The molecule has 4 rings (SSSR count). The van der Waals surface area contributed by atoms with Crippen LogP contribution in [0.5, 0.6) is 0 Å². The number of halogens is 1. The van der Waals surface area contributed by atoms with Crippen molar-refractivity contribution in [2.75, 3.05) is 17.4 Å². The van der Waals surface area contributed by atoms with Gasteiger partial charge in [-0.05, 0) is 61.2 Å². The summed E-state index contributed by atoms with van der Waals surface area (Å²) in [4.78, 5) is 29.9. The zero-order valence-corrected chi connectivity index (χ0v) is 27.5. The minimum Gasteiger partial charge on any atom is -0.354 e. The van der Waals surface area contributed by atoms with Crippen molar-refractivity contribution in [2.45, 2.75) is 57.5 Å². The summed E-state index contributed by atoms with van der Waals surface area (Å²) in [6.07, 6.45) is 1.93. The van der Waals surface area contributed by atoms with Gasteiger partial charge in [-0.2, -0.15) is 0 Å². The highest BCUT2D eigenvalue weighted by Gasteiger charge is 2.35. The fourth-order valence-corrected chi connectivity index (χ4v) is 6.88. The van der Waals surface area contributed by atoms with Gasteiger partial charge < -0.3 is 10.2 Å². The number of hydrogen-bond acceptors (Lipinski definition) is 4. The van der Waals surface area contributed by atoms with E-state index in [9.17, 15) is 18.0 Å². The number of sulfonamides is 1. The van der Waals surface area contributed by atoms with Crippen molar-refractivity contribution in [1.29, 1.82) is 0 Å². The van der Waals surface area contributed by atoms with Crippen molar-refractivity contribution in [3.05, 3.63) is 130 Å². The number of carbonyl (C=O) groups excluding carboxylic acids is 2. The van der Waals surface area contributed by atoms with E-state index in [0.29, 0.717) is 28.4 Å². The van der Waals surface area contributed by atoms with Crippen molar-refractivity contribution in [2.24, 2.45) is 0 Å². The van der Waals surface area contributed by atoms with Crippen LogP contribution in [0, 0.1) is 13.8 Å². The average molecular weight is 646 g/mol. The number of anilines is 1. The van der Waals surface area contributed by atoms with Gasteiger partial charge in [0, 0.05) is 24.5 Å². The Hall–Kier alpha value is -4.14. The van der Waals surface area contributed by atoms with Crippen LogP contribution in [0.15, 0.2) is 108 Å². The van der Waals surface area contributed by atoms with E-state index in [1.54, 1.807) is 42.5 Å². The highest BCUT2D eigenvalue weighted by atomic mass is 35.5. The second kappa shape index (κ2) is 15.7. The zero-order valence-electron chi connectivity index (χ0n) is 25.9. The van der Waals surface area contributed by atoms with Crippen LogP contribution >= 0.6 is 11.6 Å². The summed E-state index contributed by atoms with van der Waals surface area (Å²) in [5.41, 5.74) is 3.58. The van der Waals surface area contributed by atoms with Crippen LogP contribution in [0.3, 0.4) is 0 Å². The maximum atomic E-state index is 14.6. The molecular formula is C36H40ClN3O4S. The van der Waals surface area contributed by atoms with Gasteiger partial charge >= 0.3 is 0 Å². The predicted octanol–water partition coefficient (Wildman–Crippen LogP) is 6.71. The third-order valence-electron chi connectivity index (χ3n) is 7.63. The van der Waals surface area contributed by atoms with E-state index in [4.69, 9.17) is 11.6 Å². The second-order valence-corrected chi connectivity index (χ2v) is 13.3. The van der Waals surface area contributed by atoms with E-state index in [-0.39, 0.29) is 23.8 Å². The predicted molar refractivity (Wildman–Crippen MR) is 181 cm³/mol. The third-order valence-corrected chi connectivity index (χ3v) is 9.77. The molecule has 0 bridgehead atoms. The van der Waals surface area contributed by atoms with Crippen LogP contribution in [-0.2, 0) is 32.6 Å². The Balaban J connectivity index is 1.81. The molecule has 45 heavy (non-hydrogen) atoms. The van der Waals surface area contributed by atoms with Crippen molar-refractivity contribution in [3.8, 4) is 0 Å². The molecule has 236 valence electrons. The summed E-state index contributed by atoms with van der Waals surface area (Å²) in [7, 11) is -4.16. The van der Waals surface area contributed by atoms with Gasteiger partial charge in [0.15, 0.2) is 0 Å². The van der Waals surface area contributed by atoms with Crippen molar-refractivity contribution < 1.29 is 18.0 Å². The summed E-state index contributed by atoms with van der Waals surface area (Å²) in [5.74, 6) is -0.835. The van der Waals surface area contributed by atoms with Crippen LogP contribution in [-0.4, -0.2) is 44.3 Å². The van der Waals surface area contributed by atoms with Gasteiger partial charge in [0.1, 0.15) is 12.6 Å². The molecule has 0 saturated carbocycles. The molecule has 0 heterocycles. The number of benzene rings is 4. The number of aryl methyl sites for hydroxylation is 2. The molecule has 0 aliphatic carbocycles. The Labute approximate surface area is 271 Å². The minimum atomic E-state index is -4.16. The number of rotatable bonds is 14. The molecule has 1 atom stereocenters. The second-order valence-electron chi connectivity index (χ2n) is 11.1. The molecule has 0 fully saturated rings. The molecule has 0 aliphatic rings. The zero-order chi connectivity index (χ0) is 32.4. The maximum absolute atomic E-state index is 14.6. The standard InChI is InChI=1S/C36H40ClN3O4S/c1-4-5-22-38-36(42)34(24-29-14-8-6-9-15-29)39(25-30-16-12-13-19-32(30)37)35(41)26-40(33-21-20-27(2)23-28(33)3)45(43,44)31-17-10-7-11-18-31/h6-21,23,34H,4-5,22,24-26H2,1-3H3,(H,38,42)/t34-/m0/s1. The fraction of sp³-hybridized carbons (Fsp3) is 0.278. The first-order valence-corrected chi connectivity index (χ1v) is 16.9. The van der Waals surface area contributed by atoms with E-state index < -0.39 is 28.5 Å². The van der Waals surface area contributed by atoms with Gasteiger partial charge in [-0.3, -0.25) is 13.9 Å². The molecule has 9 heteroatoms. The normalized spacial score (nSPS) is 11.9. The summed E-state index contributed by atoms with van der Waals surface area (Å²) in [5, 5.41) is 3.45. The summed E-state index contributed by atoms with van der Waals surface area (Å²) in [6.45, 7) is 5.75. The van der Waals surface area contributed by atoms with Gasteiger partial charge in [-0.1, -0.05) is 109 Å². The van der Waals surface area contributed by atoms with Crippen LogP contribution in [0.4, 0.5) is 5.69 Å². The number of hydrogen-bond donors (Lipinski definition) is 1. The molecule has 4 aromatic rings. The Morgan fingerprint density at radius 3 is 2.16 bits per heavy atom. The molecule has 0 saturated heterocycles. The monoisotopic (exact) mass is 645 g/mol. The first-order chi connectivity index (χ1) is 21.6. The summed E-state index contributed by atoms with van der Waals surface area (Å²) in [6, 6.07) is 29.2. The first-order valence-electron chi connectivity index (χ1n) is 15.1. The Morgan fingerprint density at radius 1 is 0.867 bits per heavy atom. The lowest BCUT2D eigenvalue weighted by atomic mass is 10.0. The smallest absolute Gasteiger partial charge is 0.264 e. The molecule has 0 aliphatic heterocycles. The third kappa shape index (κ3) is 8.74. The molecule has 2 amide bonds. The lowest BCUT2D eigenvalue weighted by Crippen LogP contribution is -2.53. The van der Waals surface area contributed by atoms with E-state index in [2.05, 4.69) is 5.32 Å². The average Bonchev–Trinajstić information content (AvgIpc) is 3.03. The topological polar surface area (TPSA) is 86.8 Å². The maximum Gasteiger partial charge on any atom is 0.264 e. The van der Waals surface area contributed by atoms with E-state index >= 15 is 0 Å².